The largest absolute Gasteiger partial charge is 0.207 e. The first-order valence-corrected chi connectivity index (χ1v) is 6.94. The Morgan fingerprint density at radius 2 is 2.00 bits per heavy atom. The van der Waals surface area contributed by atoms with Crippen LogP contribution >= 0.6 is 27.5 Å². The van der Waals surface area contributed by atoms with Gasteiger partial charge in [0.15, 0.2) is 0 Å². The SMILES string of the molecule is Cc1cc(C(Cl)Cc2cccc(Br)c2)ccc1F. The van der Waals surface area contributed by atoms with Crippen molar-refractivity contribution >= 4 is 27.5 Å². The van der Waals surface area contributed by atoms with Crippen molar-refractivity contribution in [1.82, 2.24) is 0 Å². The molecule has 94 valence electrons. The first-order valence-electron chi connectivity index (χ1n) is 5.71. The molecule has 0 aliphatic heterocycles. The number of aryl methyl sites for hydroxylation is 1. The lowest BCUT2D eigenvalue weighted by molar-refractivity contribution is 0.617. The quantitative estimate of drug-likeness (QED) is 0.660. The van der Waals surface area contributed by atoms with Gasteiger partial charge in [0.2, 0.25) is 0 Å². The van der Waals surface area contributed by atoms with Gasteiger partial charge in [-0.3, -0.25) is 0 Å². The van der Waals surface area contributed by atoms with E-state index in [1.807, 2.05) is 30.3 Å². The maximum absolute atomic E-state index is 13.2. The predicted molar refractivity (Wildman–Crippen MR) is 77.6 cm³/mol. The molecule has 2 rings (SSSR count). The van der Waals surface area contributed by atoms with Crippen LogP contribution in [-0.4, -0.2) is 0 Å². The second-order valence-electron chi connectivity index (χ2n) is 4.31. The summed E-state index contributed by atoms with van der Waals surface area (Å²) in [5, 5.41) is -0.140. The lowest BCUT2D eigenvalue weighted by Crippen LogP contribution is -1.97. The minimum absolute atomic E-state index is 0.140. The van der Waals surface area contributed by atoms with Gasteiger partial charge in [-0.15, -0.1) is 11.6 Å². The molecule has 0 fully saturated rings. The molecule has 0 saturated carbocycles. The van der Waals surface area contributed by atoms with Gasteiger partial charge in [-0.05, 0) is 48.2 Å². The molecule has 0 radical (unpaired) electrons. The molecule has 0 spiro atoms. The zero-order valence-corrected chi connectivity index (χ0v) is 12.3. The summed E-state index contributed by atoms with van der Waals surface area (Å²) in [6.07, 6.45) is 0.728. The van der Waals surface area contributed by atoms with Crippen molar-refractivity contribution in [1.29, 1.82) is 0 Å². The fourth-order valence-corrected chi connectivity index (χ4v) is 2.61. The van der Waals surface area contributed by atoms with Gasteiger partial charge in [0.25, 0.3) is 0 Å². The summed E-state index contributed by atoms with van der Waals surface area (Å²) in [6, 6.07) is 13.1. The number of benzene rings is 2. The van der Waals surface area contributed by atoms with Crippen LogP contribution in [0, 0.1) is 12.7 Å². The highest BCUT2D eigenvalue weighted by Gasteiger charge is 2.10. The van der Waals surface area contributed by atoms with E-state index < -0.39 is 0 Å². The highest BCUT2D eigenvalue weighted by Crippen LogP contribution is 2.27. The van der Waals surface area contributed by atoms with Gasteiger partial charge < -0.3 is 0 Å². The summed E-state index contributed by atoms with van der Waals surface area (Å²) < 4.78 is 14.2. The van der Waals surface area contributed by atoms with Crippen molar-refractivity contribution < 1.29 is 4.39 Å². The summed E-state index contributed by atoms with van der Waals surface area (Å²) >= 11 is 9.82. The van der Waals surface area contributed by atoms with Gasteiger partial charge >= 0.3 is 0 Å². The monoisotopic (exact) mass is 326 g/mol. The molecular weight excluding hydrogens is 315 g/mol. The van der Waals surface area contributed by atoms with E-state index in [1.54, 1.807) is 13.0 Å². The summed E-state index contributed by atoms with van der Waals surface area (Å²) in [4.78, 5) is 0. The molecular formula is C15H13BrClF. The van der Waals surface area contributed by atoms with Crippen LogP contribution in [0.2, 0.25) is 0 Å². The van der Waals surface area contributed by atoms with Crippen LogP contribution in [-0.2, 0) is 6.42 Å². The topological polar surface area (TPSA) is 0 Å². The maximum Gasteiger partial charge on any atom is 0.126 e. The number of hydrogen-bond donors (Lipinski definition) is 0. The van der Waals surface area contributed by atoms with E-state index in [1.165, 1.54) is 6.07 Å². The first-order chi connectivity index (χ1) is 8.56. The molecule has 0 aromatic heterocycles. The highest BCUT2D eigenvalue weighted by molar-refractivity contribution is 9.10. The van der Waals surface area contributed by atoms with Crippen LogP contribution in [0.4, 0.5) is 4.39 Å². The van der Waals surface area contributed by atoms with Crippen molar-refractivity contribution in [3.63, 3.8) is 0 Å². The van der Waals surface area contributed by atoms with E-state index >= 15 is 0 Å². The zero-order chi connectivity index (χ0) is 13.1. The molecule has 0 bridgehead atoms. The van der Waals surface area contributed by atoms with Gasteiger partial charge in [0.05, 0.1) is 5.38 Å². The summed E-state index contributed by atoms with van der Waals surface area (Å²) in [5.41, 5.74) is 2.74. The normalized spacial score (nSPS) is 12.4. The van der Waals surface area contributed by atoms with Crippen molar-refractivity contribution in [2.24, 2.45) is 0 Å². The van der Waals surface area contributed by atoms with Crippen LogP contribution in [0.5, 0.6) is 0 Å². The Kier molecular flexibility index (Phi) is 4.41. The van der Waals surface area contributed by atoms with Crippen LogP contribution < -0.4 is 0 Å². The number of rotatable bonds is 3. The molecule has 0 amide bonds. The Morgan fingerprint density at radius 1 is 1.22 bits per heavy atom. The lowest BCUT2D eigenvalue weighted by Gasteiger charge is -2.11. The molecule has 0 aliphatic rings. The van der Waals surface area contributed by atoms with Crippen molar-refractivity contribution in [2.75, 3.05) is 0 Å². The number of hydrogen-bond acceptors (Lipinski definition) is 0. The van der Waals surface area contributed by atoms with E-state index in [9.17, 15) is 4.39 Å². The molecule has 0 N–H and O–H groups in total. The Balaban J connectivity index is 2.16. The van der Waals surface area contributed by atoms with Crippen molar-refractivity contribution in [3.8, 4) is 0 Å². The molecule has 2 aromatic carbocycles. The van der Waals surface area contributed by atoms with E-state index in [2.05, 4.69) is 15.9 Å². The minimum atomic E-state index is -0.190. The molecule has 0 nitrogen and oxygen atoms in total. The highest BCUT2D eigenvalue weighted by atomic mass is 79.9. The van der Waals surface area contributed by atoms with Gasteiger partial charge in [0.1, 0.15) is 5.82 Å². The fraction of sp³-hybridized carbons (Fsp3) is 0.200. The third-order valence-electron chi connectivity index (χ3n) is 2.85. The van der Waals surface area contributed by atoms with E-state index in [4.69, 9.17) is 11.6 Å². The fourth-order valence-electron chi connectivity index (χ4n) is 1.85. The third-order valence-corrected chi connectivity index (χ3v) is 3.75. The van der Waals surface area contributed by atoms with Crippen molar-refractivity contribution in [3.05, 3.63) is 69.4 Å². The standard InChI is InChI=1S/C15H13BrClF/c1-10-7-12(5-6-15(10)18)14(17)9-11-3-2-4-13(16)8-11/h2-8,14H,9H2,1H3. The Labute approximate surface area is 120 Å². The summed E-state index contributed by atoms with van der Waals surface area (Å²) in [6.45, 7) is 1.75. The first kappa shape index (κ1) is 13.6. The van der Waals surface area contributed by atoms with Crippen LogP contribution in [0.25, 0.3) is 0 Å². The minimum Gasteiger partial charge on any atom is -0.207 e. The molecule has 18 heavy (non-hydrogen) atoms. The average Bonchev–Trinajstić information content (AvgIpc) is 2.32. The lowest BCUT2D eigenvalue weighted by atomic mass is 10.0. The third kappa shape index (κ3) is 3.33. The van der Waals surface area contributed by atoms with Gasteiger partial charge in [-0.1, -0.05) is 40.2 Å². The second-order valence-corrected chi connectivity index (χ2v) is 5.75. The van der Waals surface area contributed by atoms with Gasteiger partial charge in [-0.2, -0.15) is 0 Å². The average molecular weight is 328 g/mol. The summed E-state index contributed by atoms with van der Waals surface area (Å²) in [5.74, 6) is -0.190. The van der Waals surface area contributed by atoms with E-state index in [0.29, 0.717) is 5.56 Å². The van der Waals surface area contributed by atoms with Crippen LogP contribution in [0.1, 0.15) is 22.1 Å². The number of alkyl halides is 1. The van der Waals surface area contributed by atoms with E-state index in [0.717, 1.165) is 22.0 Å². The molecule has 0 aliphatic carbocycles. The molecule has 1 atom stereocenters. The maximum atomic E-state index is 13.2. The molecule has 0 saturated heterocycles. The van der Waals surface area contributed by atoms with Crippen LogP contribution in [0.15, 0.2) is 46.9 Å². The Morgan fingerprint density at radius 3 is 2.67 bits per heavy atom. The van der Waals surface area contributed by atoms with Crippen molar-refractivity contribution in [2.45, 2.75) is 18.7 Å². The smallest absolute Gasteiger partial charge is 0.126 e. The molecule has 1 unspecified atom stereocenters. The molecule has 0 heterocycles. The Hall–Kier alpha value is -0.860. The number of halogens is 3. The van der Waals surface area contributed by atoms with Gasteiger partial charge in [-0.25, -0.2) is 4.39 Å². The van der Waals surface area contributed by atoms with Gasteiger partial charge in [0, 0.05) is 4.47 Å². The second kappa shape index (κ2) is 5.85. The zero-order valence-electron chi connectivity index (χ0n) is 9.96. The predicted octanol–water partition coefficient (Wildman–Crippen LogP) is 5.42. The van der Waals surface area contributed by atoms with Crippen LogP contribution in [0.3, 0.4) is 0 Å². The Bertz CT molecular complexity index is 554. The summed E-state index contributed by atoms with van der Waals surface area (Å²) in [7, 11) is 0. The molecule has 2 aromatic rings. The molecule has 3 heteroatoms. The van der Waals surface area contributed by atoms with E-state index in [-0.39, 0.29) is 11.2 Å².